The van der Waals surface area contributed by atoms with Gasteiger partial charge in [0.1, 0.15) is 11.3 Å². The molecule has 6 nitrogen and oxygen atoms in total. The standard InChI is InChI=1S/C23H24N2O4/c1-15(26)24-18-5-10-21-17(11-23(27)29-22(21)12-18)14-25(19-6-7-19)13-16-3-8-20(28-2)9-4-16/h3-5,8-12,19H,6-7,13-14H2,1-2H3,(H,24,26). The van der Waals surface area contributed by atoms with Gasteiger partial charge in [0, 0.05) is 49.3 Å². The van der Waals surface area contributed by atoms with E-state index in [9.17, 15) is 9.59 Å². The molecule has 0 spiro atoms. The zero-order valence-corrected chi connectivity index (χ0v) is 16.6. The molecule has 0 aliphatic heterocycles. The third-order valence-corrected chi connectivity index (χ3v) is 5.13. The largest absolute Gasteiger partial charge is 0.497 e. The van der Waals surface area contributed by atoms with Gasteiger partial charge in [-0.2, -0.15) is 0 Å². The number of fused-ring (bicyclic) bond motifs is 1. The molecule has 0 saturated heterocycles. The quantitative estimate of drug-likeness (QED) is 0.617. The van der Waals surface area contributed by atoms with E-state index in [4.69, 9.17) is 9.15 Å². The number of nitrogens with one attached hydrogen (secondary N) is 1. The molecule has 1 saturated carbocycles. The average Bonchev–Trinajstić information content (AvgIpc) is 3.52. The maximum atomic E-state index is 12.1. The third kappa shape index (κ3) is 4.66. The van der Waals surface area contributed by atoms with Crippen LogP contribution in [0.1, 0.15) is 30.9 Å². The van der Waals surface area contributed by atoms with Crippen molar-refractivity contribution < 1.29 is 13.9 Å². The molecule has 0 radical (unpaired) electrons. The van der Waals surface area contributed by atoms with E-state index in [1.54, 1.807) is 19.2 Å². The van der Waals surface area contributed by atoms with Crippen molar-refractivity contribution in [2.75, 3.05) is 12.4 Å². The zero-order valence-electron chi connectivity index (χ0n) is 16.6. The Morgan fingerprint density at radius 1 is 1.14 bits per heavy atom. The second kappa shape index (κ2) is 8.09. The van der Waals surface area contributed by atoms with E-state index in [1.807, 2.05) is 24.3 Å². The van der Waals surface area contributed by atoms with Crippen molar-refractivity contribution in [1.82, 2.24) is 4.90 Å². The summed E-state index contributed by atoms with van der Waals surface area (Å²) in [4.78, 5) is 25.9. The molecule has 1 heterocycles. The first kappa shape index (κ1) is 19.2. The molecule has 3 aromatic rings. The molecule has 2 aromatic carbocycles. The lowest BCUT2D eigenvalue weighted by molar-refractivity contribution is -0.114. The summed E-state index contributed by atoms with van der Waals surface area (Å²) in [5, 5.41) is 3.61. The van der Waals surface area contributed by atoms with E-state index in [0.29, 0.717) is 23.9 Å². The summed E-state index contributed by atoms with van der Waals surface area (Å²) in [6.07, 6.45) is 2.34. The fourth-order valence-corrected chi connectivity index (χ4v) is 3.58. The highest BCUT2D eigenvalue weighted by Gasteiger charge is 2.29. The van der Waals surface area contributed by atoms with Gasteiger partial charge in [-0.15, -0.1) is 0 Å². The van der Waals surface area contributed by atoms with Crippen LogP contribution in [0.5, 0.6) is 5.75 Å². The molecule has 1 aliphatic carbocycles. The van der Waals surface area contributed by atoms with Gasteiger partial charge in [-0.05, 0) is 48.2 Å². The van der Waals surface area contributed by atoms with Crippen molar-refractivity contribution in [3.8, 4) is 5.75 Å². The van der Waals surface area contributed by atoms with Gasteiger partial charge in [0.25, 0.3) is 0 Å². The van der Waals surface area contributed by atoms with Crippen LogP contribution in [-0.4, -0.2) is 24.0 Å². The summed E-state index contributed by atoms with van der Waals surface area (Å²) in [6, 6.07) is 15.6. The number of ether oxygens (including phenoxy) is 1. The van der Waals surface area contributed by atoms with Gasteiger partial charge in [0.15, 0.2) is 0 Å². The Bertz CT molecular complexity index is 1080. The number of benzene rings is 2. The Morgan fingerprint density at radius 3 is 2.55 bits per heavy atom. The van der Waals surface area contributed by atoms with E-state index >= 15 is 0 Å². The van der Waals surface area contributed by atoms with Gasteiger partial charge >= 0.3 is 5.63 Å². The number of amides is 1. The number of nitrogens with zero attached hydrogens (tertiary/aromatic N) is 1. The smallest absolute Gasteiger partial charge is 0.336 e. The summed E-state index contributed by atoms with van der Waals surface area (Å²) in [6.45, 7) is 2.92. The van der Waals surface area contributed by atoms with Crippen LogP contribution in [0.4, 0.5) is 5.69 Å². The molecule has 1 fully saturated rings. The molecule has 4 rings (SSSR count). The van der Waals surface area contributed by atoms with E-state index in [1.165, 1.54) is 25.3 Å². The van der Waals surface area contributed by atoms with Crippen LogP contribution in [0.3, 0.4) is 0 Å². The maximum absolute atomic E-state index is 12.1. The number of carbonyl (C=O) groups is 1. The summed E-state index contributed by atoms with van der Waals surface area (Å²) in [5.74, 6) is 0.676. The van der Waals surface area contributed by atoms with Crippen LogP contribution in [-0.2, 0) is 17.9 Å². The van der Waals surface area contributed by atoms with E-state index in [2.05, 4.69) is 22.3 Å². The third-order valence-electron chi connectivity index (χ3n) is 5.13. The Kier molecular flexibility index (Phi) is 5.36. The predicted molar refractivity (Wildman–Crippen MR) is 112 cm³/mol. The maximum Gasteiger partial charge on any atom is 0.336 e. The second-order valence-electron chi connectivity index (χ2n) is 7.47. The fraction of sp³-hybridized carbons (Fsp3) is 0.304. The number of rotatable bonds is 7. The minimum absolute atomic E-state index is 0.165. The Balaban J connectivity index is 1.61. The highest BCUT2D eigenvalue weighted by Crippen LogP contribution is 2.31. The first-order chi connectivity index (χ1) is 14.0. The fourth-order valence-electron chi connectivity index (χ4n) is 3.58. The summed E-state index contributed by atoms with van der Waals surface area (Å²) < 4.78 is 10.6. The molecule has 1 amide bonds. The van der Waals surface area contributed by atoms with Crippen LogP contribution < -0.4 is 15.7 Å². The molecular weight excluding hydrogens is 368 g/mol. The van der Waals surface area contributed by atoms with Crippen molar-refractivity contribution in [1.29, 1.82) is 0 Å². The Labute approximate surface area is 169 Å². The van der Waals surface area contributed by atoms with Crippen molar-refractivity contribution >= 4 is 22.6 Å². The lowest BCUT2D eigenvalue weighted by Crippen LogP contribution is -2.25. The van der Waals surface area contributed by atoms with Crippen molar-refractivity contribution in [2.24, 2.45) is 0 Å². The van der Waals surface area contributed by atoms with Crippen molar-refractivity contribution in [3.63, 3.8) is 0 Å². The van der Waals surface area contributed by atoms with Crippen LogP contribution in [0.15, 0.2) is 57.7 Å². The SMILES string of the molecule is COc1ccc(CN(Cc2cc(=O)oc3cc(NC(C)=O)ccc23)C2CC2)cc1. The number of hydrogen-bond donors (Lipinski definition) is 1. The van der Waals surface area contributed by atoms with Gasteiger partial charge < -0.3 is 14.5 Å². The minimum Gasteiger partial charge on any atom is -0.497 e. The van der Waals surface area contributed by atoms with Crippen LogP contribution in [0.25, 0.3) is 11.0 Å². The van der Waals surface area contributed by atoms with Crippen LogP contribution in [0, 0.1) is 0 Å². The summed E-state index contributed by atoms with van der Waals surface area (Å²) >= 11 is 0. The number of anilines is 1. The Hall–Kier alpha value is -3.12. The number of carbonyl (C=O) groups excluding carboxylic acids is 1. The molecule has 0 unspecified atom stereocenters. The normalized spacial score (nSPS) is 13.6. The lowest BCUT2D eigenvalue weighted by atomic mass is 10.1. The van der Waals surface area contributed by atoms with Crippen LogP contribution in [0.2, 0.25) is 0 Å². The van der Waals surface area contributed by atoms with Gasteiger partial charge in [0.2, 0.25) is 5.91 Å². The molecule has 29 heavy (non-hydrogen) atoms. The van der Waals surface area contributed by atoms with Gasteiger partial charge in [-0.3, -0.25) is 9.69 Å². The Morgan fingerprint density at radius 2 is 1.90 bits per heavy atom. The molecule has 0 atom stereocenters. The van der Waals surface area contributed by atoms with Gasteiger partial charge in [-0.25, -0.2) is 4.79 Å². The number of methoxy groups -OCH3 is 1. The molecule has 150 valence electrons. The lowest BCUT2D eigenvalue weighted by Gasteiger charge is -2.23. The molecule has 6 heteroatoms. The topological polar surface area (TPSA) is 71.8 Å². The summed E-state index contributed by atoms with van der Waals surface area (Å²) in [5.41, 5.74) is 2.86. The van der Waals surface area contributed by atoms with E-state index in [-0.39, 0.29) is 11.5 Å². The molecular formula is C23H24N2O4. The highest BCUT2D eigenvalue weighted by molar-refractivity contribution is 5.92. The monoisotopic (exact) mass is 392 g/mol. The zero-order chi connectivity index (χ0) is 20.4. The average molecular weight is 392 g/mol. The molecule has 1 N–H and O–H groups in total. The van der Waals surface area contributed by atoms with E-state index in [0.717, 1.165) is 23.2 Å². The summed E-state index contributed by atoms with van der Waals surface area (Å²) in [7, 11) is 1.66. The predicted octanol–water partition coefficient (Wildman–Crippen LogP) is 3.92. The number of hydrogen-bond acceptors (Lipinski definition) is 5. The molecule has 1 aliphatic rings. The molecule has 1 aromatic heterocycles. The molecule has 0 bridgehead atoms. The second-order valence-corrected chi connectivity index (χ2v) is 7.47. The van der Waals surface area contributed by atoms with Gasteiger partial charge in [-0.1, -0.05) is 12.1 Å². The first-order valence-electron chi connectivity index (χ1n) is 9.73. The van der Waals surface area contributed by atoms with Crippen molar-refractivity contribution in [2.45, 2.75) is 38.9 Å². The first-order valence-corrected chi connectivity index (χ1v) is 9.73. The van der Waals surface area contributed by atoms with Crippen molar-refractivity contribution in [3.05, 3.63) is 70.1 Å². The minimum atomic E-state index is -0.382. The van der Waals surface area contributed by atoms with E-state index < -0.39 is 0 Å². The highest BCUT2D eigenvalue weighted by atomic mass is 16.5. The van der Waals surface area contributed by atoms with Gasteiger partial charge in [0.05, 0.1) is 7.11 Å². The van der Waals surface area contributed by atoms with Crippen LogP contribution >= 0.6 is 0 Å².